The minimum atomic E-state index is -0.315. The van der Waals surface area contributed by atoms with Crippen molar-refractivity contribution in [2.45, 2.75) is 31.7 Å². The summed E-state index contributed by atoms with van der Waals surface area (Å²) >= 11 is 0. The molecule has 0 N–H and O–H groups in total. The van der Waals surface area contributed by atoms with Gasteiger partial charge in [-0.1, -0.05) is 6.42 Å². The normalized spacial score (nSPS) is 18.0. The van der Waals surface area contributed by atoms with E-state index in [9.17, 15) is 9.18 Å². The van der Waals surface area contributed by atoms with Crippen LogP contribution in [0.5, 0.6) is 11.6 Å². The van der Waals surface area contributed by atoms with E-state index in [-0.39, 0.29) is 24.1 Å². The van der Waals surface area contributed by atoms with Gasteiger partial charge in [-0.2, -0.15) is 0 Å². The number of carbonyl (C=O) groups excluding carboxylic acids is 1. The lowest BCUT2D eigenvalue weighted by molar-refractivity contribution is 0.0749. The number of aromatic nitrogens is 1. The highest BCUT2D eigenvalue weighted by Gasteiger charge is 2.28. The number of benzene rings is 1. The summed E-state index contributed by atoms with van der Waals surface area (Å²) in [5, 5.41) is 0. The summed E-state index contributed by atoms with van der Waals surface area (Å²) in [5.74, 6) is 0.590. The lowest BCUT2D eigenvalue weighted by atomic mass is 9.91. The largest absolute Gasteiger partial charge is 0.439 e. The summed E-state index contributed by atoms with van der Waals surface area (Å²) in [4.78, 5) is 21.5. The van der Waals surface area contributed by atoms with Gasteiger partial charge < -0.3 is 9.64 Å². The SMILES string of the molecule is Cl.O=C(c1ccc(Oc2ccc(F)cc2)nc1)N1CCCN(C2CCC2)CC1. The Morgan fingerprint density at radius 1 is 1.00 bits per heavy atom. The standard InChI is InChI=1S/C21H24FN3O2.ClH/c22-17-6-8-19(9-7-17)27-20-10-5-16(15-23-20)21(26)25-12-2-11-24(13-14-25)18-3-1-4-18;/h5-10,15,18H,1-4,11-14H2;1H. The number of hydrogen-bond acceptors (Lipinski definition) is 4. The van der Waals surface area contributed by atoms with Crippen LogP contribution in [0.25, 0.3) is 0 Å². The Morgan fingerprint density at radius 3 is 2.43 bits per heavy atom. The second-order valence-corrected chi connectivity index (χ2v) is 7.21. The van der Waals surface area contributed by atoms with Gasteiger partial charge in [0.1, 0.15) is 11.6 Å². The Kier molecular flexibility index (Phi) is 6.86. The van der Waals surface area contributed by atoms with Crippen molar-refractivity contribution in [2.75, 3.05) is 26.2 Å². The topological polar surface area (TPSA) is 45.7 Å². The molecule has 4 rings (SSSR count). The van der Waals surface area contributed by atoms with Crippen molar-refractivity contribution in [2.24, 2.45) is 0 Å². The Bertz CT molecular complexity index is 781. The fourth-order valence-corrected chi connectivity index (χ4v) is 3.63. The maximum absolute atomic E-state index is 12.9. The molecule has 1 aromatic carbocycles. The van der Waals surface area contributed by atoms with E-state index < -0.39 is 0 Å². The number of rotatable bonds is 4. The van der Waals surface area contributed by atoms with Gasteiger partial charge in [-0.25, -0.2) is 9.37 Å². The molecule has 2 aromatic rings. The highest BCUT2D eigenvalue weighted by atomic mass is 35.5. The quantitative estimate of drug-likeness (QED) is 0.767. The molecule has 1 saturated carbocycles. The van der Waals surface area contributed by atoms with Crippen LogP contribution in [0.15, 0.2) is 42.6 Å². The highest BCUT2D eigenvalue weighted by molar-refractivity contribution is 5.94. The zero-order chi connectivity index (χ0) is 18.6. The molecule has 5 nitrogen and oxygen atoms in total. The third-order valence-corrected chi connectivity index (χ3v) is 5.43. The highest BCUT2D eigenvalue weighted by Crippen LogP contribution is 2.26. The molecular formula is C21H25ClFN3O2. The van der Waals surface area contributed by atoms with E-state index in [4.69, 9.17) is 4.74 Å². The van der Waals surface area contributed by atoms with Crippen LogP contribution in [-0.4, -0.2) is 52.9 Å². The van der Waals surface area contributed by atoms with Crippen LogP contribution in [0.3, 0.4) is 0 Å². The van der Waals surface area contributed by atoms with Gasteiger partial charge in [-0.05, 0) is 49.6 Å². The number of ether oxygens (including phenoxy) is 1. The molecule has 0 bridgehead atoms. The van der Waals surface area contributed by atoms with Crippen molar-refractivity contribution in [3.05, 3.63) is 54.0 Å². The summed E-state index contributed by atoms with van der Waals surface area (Å²) in [6.45, 7) is 3.59. The molecule has 0 radical (unpaired) electrons. The summed E-state index contributed by atoms with van der Waals surface area (Å²) < 4.78 is 18.5. The van der Waals surface area contributed by atoms with Gasteiger partial charge in [0.2, 0.25) is 5.88 Å². The molecular weight excluding hydrogens is 381 g/mol. The van der Waals surface area contributed by atoms with Crippen molar-refractivity contribution in [1.29, 1.82) is 0 Å². The molecule has 1 aromatic heterocycles. The first-order valence-electron chi connectivity index (χ1n) is 9.62. The molecule has 1 saturated heterocycles. The van der Waals surface area contributed by atoms with E-state index in [0.717, 1.165) is 38.6 Å². The Morgan fingerprint density at radius 2 is 1.79 bits per heavy atom. The Balaban J connectivity index is 0.00000225. The second-order valence-electron chi connectivity index (χ2n) is 7.21. The van der Waals surface area contributed by atoms with Gasteiger partial charge in [0.05, 0.1) is 5.56 Å². The first kappa shape index (κ1) is 20.6. The van der Waals surface area contributed by atoms with Gasteiger partial charge >= 0.3 is 0 Å². The summed E-state index contributed by atoms with van der Waals surface area (Å²) in [6, 6.07) is 9.89. The van der Waals surface area contributed by atoms with Crippen molar-refractivity contribution >= 4 is 18.3 Å². The Hall–Kier alpha value is -2.18. The second kappa shape index (κ2) is 9.34. The van der Waals surface area contributed by atoms with E-state index in [1.54, 1.807) is 30.5 Å². The van der Waals surface area contributed by atoms with E-state index in [0.29, 0.717) is 17.2 Å². The first-order valence-corrected chi connectivity index (χ1v) is 9.62. The van der Waals surface area contributed by atoms with Crippen LogP contribution >= 0.6 is 12.4 Å². The average Bonchev–Trinajstić information content (AvgIpc) is 2.88. The molecule has 28 heavy (non-hydrogen) atoms. The van der Waals surface area contributed by atoms with Crippen molar-refractivity contribution in [3.63, 3.8) is 0 Å². The molecule has 1 amide bonds. The zero-order valence-electron chi connectivity index (χ0n) is 15.7. The molecule has 7 heteroatoms. The van der Waals surface area contributed by atoms with E-state index in [1.807, 2.05) is 4.90 Å². The van der Waals surface area contributed by atoms with Crippen LogP contribution < -0.4 is 4.74 Å². The number of halogens is 2. The predicted octanol–water partition coefficient (Wildman–Crippen LogP) is 4.14. The van der Waals surface area contributed by atoms with Crippen LogP contribution in [-0.2, 0) is 0 Å². The zero-order valence-corrected chi connectivity index (χ0v) is 16.5. The lowest BCUT2D eigenvalue weighted by Gasteiger charge is -2.36. The van der Waals surface area contributed by atoms with E-state index in [1.165, 1.54) is 31.4 Å². The summed E-state index contributed by atoms with van der Waals surface area (Å²) in [6.07, 6.45) is 6.50. The summed E-state index contributed by atoms with van der Waals surface area (Å²) in [7, 11) is 0. The van der Waals surface area contributed by atoms with Crippen molar-refractivity contribution < 1.29 is 13.9 Å². The maximum atomic E-state index is 12.9. The van der Waals surface area contributed by atoms with Gasteiger partial charge in [-0.3, -0.25) is 9.69 Å². The van der Waals surface area contributed by atoms with Crippen molar-refractivity contribution in [1.82, 2.24) is 14.8 Å². The molecule has 2 fully saturated rings. The molecule has 0 unspecified atom stereocenters. The monoisotopic (exact) mass is 405 g/mol. The van der Waals surface area contributed by atoms with Gasteiger partial charge in [0.15, 0.2) is 0 Å². The van der Waals surface area contributed by atoms with E-state index in [2.05, 4.69) is 9.88 Å². The first-order chi connectivity index (χ1) is 13.2. The summed E-state index contributed by atoms with van der Waals surface area (Å²) in [5.41, 5.74) is 0.568. The average molecular weight is 406 g/mol. The lowest BCUT2D eigenvalue weighted by Crippen LogP contribution is -2.42. The van der Waals surface area contributed by atoms with Gasteiger partial charge in [0.25, 0.3) is 5.91 Å². The number of carbonyl (C=O) groups is 1. The van der Waals surface area contributed by atoms with Gasteiger partial charge in [-0.15, -0.1) is 12.4 Å². The van der Waals surface area contributed by atoms with Crippen LogP contribution in [0, 0.1) is 5.82 Å². The predicted molar refractivity (Wildman–Crippen MR) is 108 cm³/mol. The maximum Gasteiger partial charge on any atom is 0.255 e. The van der Waals surface area contributed by atoms with E-state index >= 15 is 0 Å². The Labute approximate surface area is 170 Å². The number of hydrogen-bond donors (Lipinski definition) is 0. The van der Waals surface area contributed by atoms with Gasteiger partial charge in [0, 0.05) is 44.5 Å². The smallest absolute Gasteiger partial charge is 0.255 e. The molecule has 2 heterocycles. The van der Waals surface area contributed by atoms with Crippen molar-refractivity contribution in [3.8, 4) is 11.6 Å². The molecule has 2 aliphatic rings. The fraction of sp³-hybridized carbons (Fsp3) is 0.429. The fourth-order valence-electron chi connectivity index (χ4n) is 3.63. The molecule has 150 valence electrons. The molecule has 1 aliphatic carbocycles. The minimum absolute atomic E-state index is 0. The van der Waals surface area contributed by atoms with Crippen LogP contribution in [0.4, 0.5) is 4.39 Å². The minimum Gasteiger partial charge on any atom is -0.439 e. The molecule has 0 spiro atoms. The van der Waals surface area contributed by atoms with Crippen LogP contribution in [0.2, 0.25) is 0 Å². The third kappa shape index (κ3) is 4.80. The van der Waals surface area contributed by atoms with Crippen LogP contribution in [0.1, 0.15) is 36.0 Å². The molecule has 0 atom stereocenters. The number of pyridine rings is 1. The molecule has 1 aliphatic heterocycles. The third-order valence-electron chi connectivity index (χ3n) is 5.43. The number of nitrogens with zero attached hydrogens (tertiary/aromatic N) is 3. The number of amides is 1.